The molecule has 0 heteroatoms. The third kappa shape index (κ3) is 4.38. The lowest BCUT2D eigenvalue weighted by atomic mass is 9.77. The summed E-state index contributed by atoms with van der Waals surface area (Å²) in [5, 5.41) is 10.4. The Balaban J connectivity index is 1.38. The molecule has 0 aliphatic carbocycles. The summed E-state index contributed by atoms with van der Waals surface area (Å²) in [7, 11) is 0. The molecule has 44 heavy (non-hydrogen) atoms. The Hall–Kier alpha value is -5.20. The van der Waals surface area contributed by atoms with Gasteiger partial charge in [0.2, 0.25) is 0 Å². The maximum Gasteiger partial charge on any atom is -0.00204 e. The highest BCUT2D eigenvalue weighted by atomic mass is 14.3. The van der Waals surface area contributed by atoms with E-state index in [1.54, 1.807) is 0 Å². The van der Waals surface area contributed by atoms with Crippen LogP contribution in [0.5, 0.6) is 0 Å². The lowest BCUT2D eigenvalue weighted by molar-refractivity contribution is 0.601. The van der Waals surface area contributed by atoms with Gasteiger partial charge in [-0.2, -0.15) is 0 Å². The van der Waals surface area contributed by atoms with E-state index >= 15 is 0 Å². The number of benzene rings is 8. The van der Waals surface area contributed by atoms with Gasteiger partial charge in [-0.25, -0.2) is 0 Å². The van der Waals surface area contributed by atoms with Crippen molar-refractivity contribution in [1.82, 2.24) is 0 Å². The van der Waals surface area contributed by atoms with Crippen LogP contribution in [0.15, 0.2) is 152 Å². The van der Waals surface area contributed by atoms with Crippen LogP contribution in [0.25, 0.3) is 76.5 Å². The molecule has 8 aromatic rings. The molecule has 0 bridgehead atoms. The molecule has 0 aliphatic rings. The minimum atomic E-state index is -0.0367. The van der Waals surface area contributed by atoms with Crippen molar-refractivity contribution in [3.05, 3.63) is 157 Å². The Kier molecular flexibility index (Phi) is 6.13. The van der Waals surface area contributed by atoms with Crippen molar-refractivity contribution in [1.29, 1.82) is 0 Å². The lowest BCUT2D eigenvalue weighted by Crippen LogP contribution is -2.13. The number of hydrogen-bond donors (Lipinski definition) is 0. The monoisotopic (exact) mass is 562 g/mol. The second kappa shape index (κ2) is 10.2. The van der Waals surface area contributed by atoms with Crippen LogP contribution in [-0.2, 0) is 5.41 Å². The second-order valence-corrected chi connectivity index (χ2v) is 13.0. The fourth-order valence-corrected chi connectivity index (χ4v) is 7.14. The molecule has 0 saturated heterocycles. The molecular weight excluding hydrogens is 528 g/mol. The maximum absolute atomic E-state index is 2.44. The Morgan fingerprint density at radius 1 is 0.341 bits per heavy atom. The highest BCUT2D eigenvalue weighted by Crippen LogP contribution is 2.46. The summed E-state index contributed by atoms with van der Waals surface area (Å²) in [6.45, 7) is 7.04. The molecule has 0 amide bonds. The third-order valence-electron chi connectivity index (χ3n) is 9.11. The first-order valence-corrected chi connectivity index (χ1v) is 15.5. The Labute approximate surface area is 259 Å². The van der Waals surface area contributed by atoms with Crippen molar-refractivity contribution < 1.29 is 0 Å². The summed E-state index contributed by atoms with van der Waals surface area (Å²) in [4.78, 5) is 0. The highest BCUT2D eigenvalue weighted by Gasteiger charge is 2.24. The molecule has 8 rings (SSSR count). The van der Waals surface area contributed by atoms with Crippen LogP contribution in [0.3, 0.4) is 0 Å². The fourth-order valence-electron chi connectivity index (χ4n) is 7.14. The standard InChI is InChI=1S/C44H34/c1-44(2,3)43-40-18-10-9-17-38(40)42(37-19-11-15-30-14-7-8-16-36(30)37)39-25-24-35(28-41(39)43)34-23-22-32-26-31(20-21-33(32)27-34)29-12-5-4-6-13-29/h4-28H,1-3H3. The number of rotatable bonds is 3. The van der Waals surface area contributed by atoms with Gasteiger partial charge < -0.3 is 0 Å². The SMILES string of the molecule is CC(C)(C)c1c2ccccc2c(-c2cccc3ccccc23)c2ccc(-c3ccc4cc(-c5ccccc5)ccc4c3)cc12. The predicted molar refractivity (Wildman–Crippen MR) is 191 cm³/mol. The van der Waals surface area contributed by atoms with E-state index in [-0.39, 0.29) is 5.41 Å². The van der Waals surface area contributed by atoms with Gasteiger partial charge in [-0.05, 0) is 106 Å². The van der Waals surface area contributed by atoms with E-state index in [2.05, 4.69) is 172 Å². The summed E-state index contributed by atoms with van der Waals surface area (Å²) in [5.41, 5.74) is 8.96. The van der Waals surface area contributed by atoms with Crippen LogP contribution < -0.4 is 0 Å². The molecule has 0 unspecified atom stereocenters. The topological polar surface area (TPSA) is 0 Å². The first-order valence-electron chi connectivity index (χ1n) is 15.5. The minimum absolute atomic E-state index is 0.0367. The van der Waals surface area contributed by atoms with Gasteiger partial charge in [0.1, 0.15) is 0 Å². The molecule has 0 nitrogen and oxygen atoms in total. The average Bonchev–Trinajstić information content (AvgIpc) is 3.06. The lowest BCUT2D eigenvalue weighted by Gasteiger charge is -2.27. The first-order chi connectivity index (χ1) is 21.5. The van der Waals surface area contributed by atoms with Crippen molar-refractivity contribution in [2.75, 3.05) is 0 Å². The first kappa shape index (κ1) is 26.4. The average molecular weight is 563 g/mol. The van der Waals surface area contributed by atoms with Crippen molar-refractivity contribution in [2.45, 2.75) is 26.2 Å². The largest absolute Gasteiger partial charge is 0.0622 e. The molecule has 0 radical (unpaired) electrons. The van der Waals surface area contributed by atoms with E-state index < -0.39 is 0 Å². The Morgan fingerprint density at radius 2 is 0.886 bits per heavy atom. The molecule has 0 fully saturated rings. The van der Waals surface area contributed by atoms with Gasteiger partial charge >= 0.3 is 0 Å². The summed E-state index contributed by atoms with van der Waals surface area (Å²) >= 11 is 0. The van der Waals surface area contributed by atoms with E-state index in [9.17, 15) is 0 Å². The second-order valence-electron chi connectivity index (χ2n) is 13.0. The van der Waals surface area contributed by atoms with Crippen molar-refractivity contribution in [3.63, 3.8) is 0 Å². The predicted octanol–water partition coefficient (Wildman–Crippen LogP) is 12.6. The molecule has 0 spiro atoms. The summed E-state index contributed by atoms with van der Waals surface area (Å²) in [5.74, 6) is 0. The summed E-state index contributed by atoms with van der Waals surface area (Å²) in [6, 6.07) is 55.9. The quantitative estimate of drug-likeness (QED) is 0.188. The third-order valence-corrected chi connectivity index (χ3v) is 9.11. The van der Waals surface area contributed by atoms with Crippen LogP contribution >= 0.6 is 0 Å². The maximum atomic E-state index is 2.44. The van der Waals surface area contributed by atoms with Crippen molar-refractivity contribution in [3.8, 4) is 33.4 Å². The van der Waals surface area contributed by atoms with Crippen LogP contribution in [0.1, 0.15) is 26.3 Å². The normalized spacial score (nSPS) is 12.0. The zero-order valence-corrected chi connectivity index (χ0v) is 25.4. The van der Waals surface area contributed by atoms with Gasteiger partial charge in [0.05, 0.1) is 0 Å². The zero-order valence-electron chi connectivity index (χ0n) is 25.4. The van der Waals surface area contributed by atoms with E-state index in [0.717, 1.165) is 0 Å². The molecule has 0 aliphatic heterocycles. The molecule has 0 saturated carbocycles. The smallest absolute Gasteiger partial charge is 0.00204 e. The number of hydrogen-bond acceptors (Lipinski definition) is 0. The van der Waals surface area contributed by atoms with Gasteiger partial charge in [-0.3, -0.25) is 0 Å². The molecule has 0 aromatic heterocycles. The minimum Gasteiger partial charge on any atom is -0.0622 e. The summed E-state index contributed by atoms with van der Waals surface area (Å²) < 4.78 is 0. The number of fused-ring (bicyclic) bond motifs is 4. The van der Waals surface area contributed by atoms with Gasteiger partial charge in [-0.1, -0.05) is 154 Å². The van der Waals surface area contributed by atoms with E-state index in [0.29, 0.717) is 0 Å². The molecule has 210 valence electrons. The van der Waals surface area contributed by atoms with Crippen molar-refractivity contribution in [2.24, 2.45) is 0 Å². The van der Waals surface area contributed by atoms with Gasteiger partial charge in [0.15, 0.2) is 0 Å². The molecular formula is C44H34. The Bertz CT molecular complexity index is 2340. The zero-order chi connectivity index (χ0) is 29.8. The molecule has 0 heterocycles. The van der Waals surface area contributed by atoms with Gasteiger partial charge in [0.25, 0.3) is 0 Å². The summed E-state index contributed by atoms with van der Waals surface area (Å²) in [6.07, 6.45) is 0. The van der Waals surface area contributed by atoms with Crippen LogP contribution in [0.4, 0.5) is 0 Å². The van der Waals surface area contributed by atoms with Crippen LogP contribution in [0, 0.1) is 0 Å². The van der Waals surface area contributed by atoms with Crippen LogP contribution in [0.2, 0.25) is 0 Å². The van der Waals surface area contributed by atoms with E-state index in [1.165, 1.54) is 82.0 Å². The molecule has 0 N–H and O–H groups in total. The van der Waals surface area contributed by atoms with Crippen molar-refractivity contribution >= 4 is 43.1 Å². The van der Waals surface area contributed by atoms with E-state index in [4.69, 9.17) is 0 Å². The van der Waals surface area contributed by atoms with Gasteiger partial charge in [-0.15, -0.1) is 0 Å². The highest BCUT2D eigenvalue weighted by molar-refractivity contribution is 6.19. The fraction of sp³-hybridized carbons (Fsp3) is 0.0909. The van der Waals surface area contributed by atoms with Crippen LogP contribution in [-0.4, -0.2) is 0 Å². The molecule has 0 atom stereocenters. The van der Waals surface area contributed by atoms with Gasteiger partial charge in [0, 0.05) is 0 Å². The van der Waals surface area contributed by atoms with E-state index in [1.807, 2.05) is 0 Å². The Morgan fingerprint density at radius 3 is 1.61 bits per heavy atom. The molecule has 8 aromatic carbocycles.